The second kappa shape index (κ2) is 9.94. The number of hydrogen-bond acceptors (Lipinski definition) is 5. The summed E-state index contributed by atoms with van der Waals surface area (Å²) in [5.74, 6) is 1.65. The van der Waals surface area contributed by atoms with Crippen LogP contribution in [-0.2, 0) is 11.3 Å². The highest BCUT2D eigenvalue weighted by molar-refractivity contribution is 7.99. The lowest BCUT2D eigenvalue weighted by atomic mass is 10.2. The van der Waals surface area contributed by atoms with Crippen LogP contribution in [0, 0.1) is 6.92 Å². The summed E-state index contributed by atoms with van der Waals surface area (Å²) in [6, 6.07) is 17.6. The van der Waals surface area contributed by atoms with Crippen LogP contribution in [0.4, 0.5) is 5.69 Å². The zero-order valence-electron chi connectivity index (χ0n) is 16.1. The molecule has 0 aliphatic rings. The molecule has 0 saturated heterocycles. The molecule has 0 radical (unpaired) electrons. The number of ether oxygens (including phenoxy) is 1. The second-order valence-electron chi connectivity index (χ2n) is 6.28. The van der Waals surface area contributed by atoms with Gasteiger partial charge in [0.05, 0.1) is 24.6 Å². The molecule has 1 amide bonds. The van der Waals surface area contributed by atoms with E-state index < -0.39 is 0 Å². The number of nitrogens with zero attached hydrogens (tertiary/aromatic N) is 3. The molecule has 1 aromatic heterocycles. The predicted molar refractivity (Wildman–Crippen MR) is 112 cm³/mol. The van der Waals surface area contributed by atoms with Crippen LogP contribution in [0.5, 0.6) is 5.75 Å². The fourth-order valence-electron chi connectivity index (χ4n) is 2.64. The molecule has 146 valence electrons. The van der Waals surface area contributed by atoms with Gasteiger partial charge in [0.1, 0.15) is 11.6 Å². The van der Waals surface area contributed by atoms with Crippen molar-refractivity contribution in [3.8, 4) is 5.75 Å². The minimum absolute atomic E-state index is 0.107. The van der Waals surface area contributed by atoms with E-state index in [1.54, 1.807) is 0 Å². The molecule has 0 atom stereocenters. The SMILES string of the molecule is CCCOc1ccccc1NC(=O)CSc1nnc(C)n1Cc1ccccc1. The number of anilines is 1. The molecule has 1 heterocycles. The highest BCUT2D eigenvalue weighted by Crippen LogP contribution is 2.25. The smallest absolute Gasteiger partial charge is 0.234 e. The van der Waals surface area contributed by atoms with Gasteiger partial charge in [-0.25, -0.2) is 0 Å². The van der Waals surface area contributed by atoms with Crippen LogP contribution in [0.15, 0.2) is 59.8 Å². The summed E-state index contributed by atoms with van der Waals surface area (Å²) in [7, 11) is 0. The summed E-state index contributed by atoms with van der Waals surface area (Å²) >= 11 is 1.37. The Morgan fingerprint density at radius 3 is 2.64 bits per heavy atom. The molecule has 0 aliphatic carbocycles. The van der Waals surface area contributed by atoms with E-state index in [2.05, 4.69) is 27.6 Å². The summed E-state index contributed by atoms with van der Waals surface area (Å²) in [5.41, 5.74) is 1.85. The molecule has 0 saturated carbocycles. The maximum absolute atomic E-state index is 12.4. The summed E-state index contributed by atoms with van der Waals surface area (Å²) in [6.45, 7) is 5.26. The average molecular weight is 397 g/mol. The van der Waals surface area contributed by atoms with Gasteiger partial charge in [-0.3, -0.25) is 4.79 Å². The Bertz CT molecular complexity index is 912. The molecule has 28 heavy (non-hydrogen) atoms. The first-order valence-corrected chi connectivity index (χ1v) is 10.2. The standard InChI is InChI=1S/C21H24N4O2S/c1-3-13-27-19-12-8-7-11-18(19)22-20(26)15-28-21-24-23-16(2)25(21)14-17-9-5-4-6-10-17/h4-12H,3,13-15H2,1-2H3,(H,22,26). The van der Waals surface area contributed by atoms with Crippen LogP contribution in [0.1, 0.15) is 24.7 Å². The van der Waals surface area contributed by atoms with E-state index in [0.29, 0.717) is 24.6 Å². The van der Waals surface area contributed by atoms with Gasteiger partial charge in [-0.15, -0.1) is 10.2 Å². The van der Waals surface area contributed by atoms with Gasteiger partial charge in [-0.1, -0.05) is 61.2 Å². The summed E-state index contributed by atoms with van der Waals surface area (Å²) in [4.78, 5) is 12.4. The largest absolute Gasteiger partial charge is 0.491 e. The Hall–Kier alpha value is -2.80. The third kappa shape index (κ3) is 5.36. The van der Waals surface area contributed by atoms with Crippen LogP contribution in [0.25, 0.3) is 0 Å². The minimum atomic E-state index is -0.107. The monoisotopic (exact) mass is 396 g/mol. The molecule has 1 N–H and O–H groups in total. The lowest BCUT2D eigenvalue weighted by Gasteiger charge is -2.12. The van der Waals surface area contributed by atoms with Gasteiger partial charge in [-0.2, -0.15) is 0 Å². The predicted octanol–water partition coefficient (Wildman–Crippen LogP) is 4.15. The number of nitrogens with one attached hydrogen (secondary N) is 1. The van der Waals surface area contributed by atoms with Gasteiger partial charge in [-0.05, 0) is 31.0 Å². The number of para-hydroxylation sites is 2. The van der Waals surface area contributed by atoms with Crippen LogP contribution in [0.2, 0.25) is 0 Å². The lowest BCUT2D eigenvalue weighted by Crippen LogP contribution is -2.15. The van der Waals surface area contributed by atoms with Gasteiger partial charge in [0.25, 0.3) is 0 Å². The Morgan fingerprint density at radius 1 is 1.11 bits per heavy atom. The first-order valence-electron chi connectivity index (χ1n) is 9.25. The normalized spacial score (nSPS) is 10.6. The van der Waals surface area contributed by atoms with Gasteiger partial charge in [0.15, 0.2) is 5.16 Å². The zero-order valence-corrected chi connectivity index (χ0v) is 16.9. The number of benzene rings is 2. The van der Waals surface area contributed by atoms with Crippen molar-refractivity contribution >= 4 is 23.4 Å². The molecule has 7 heteroatoms. The number of amides is 1. The van der Waals surface area contributed by atoms with Crippen LogP contribution >= 0.6 is 11.8 Å². The van der Waals surface area contributed by atoms with Crippen molar-refractivity contribution in [2.75, 3.05) is 17.7 Å². The average Bonchev–Trinajstić information content (AvgIpc) is 3.06. The van der Waals surface area contributed by atoms with Crippen molar-refractivity contribution in [1.29, 1.82) is 0 Å². The van der Waals surface area contributed by atoms with E-state index in [-0.39, 0.29) is 11.7 Å². The summed E-state index contributed by atoms with van der Waals surface area (Å²) in [5, 5.41) is 12.0. The Labute approximate surface area is 169 Å². The topological polar surface area (TPSA) is 69.0 Å². The van der Waals surface area contributed by atoms with Crippen LogP contribution in [0.3, 0.4) is 0 Å². The number of hydrogen-bond donors (Lipinski definition) is 1. The van der Waals surface area contributed by atoms with E-state index >= 15 is 0 Å². The van der Waals surface area contributed by atoms with Crippen molar-refractivity contribution in [2.24, 2.45) is 0 Å². The number of aryl methyl sites for hydroxylation is 1. The molecule has 3 rings (SSSR count). The molecule has 6 nitrogen and oxygen atoms in total. The van der Waals surface area contributed by atoms with Crippen LogP contribution in [-0.4, -0.2) is 33.0 Å². The molecule has 0 spiro atoms. The molecular weight excluding hydrogens is 372 g/mol. The van der Waals surface area contributed by atoms with Crippen molar-refractivity contribution in [1.82, 2.24) is 14.8 Å². The lowest BCUT2D eigenvalue weighted by molar-refractivity contribution is -0.113. The van der Waals surface area contributed by atoms with Crippen molar-refractivity contribution < 1.29 is 9.53 Å². The number of carbonyl (C=O) groups is 1. The molecule has 3 aromatic rings. The fraction of sp³-hybridized carbons (Fsp3) is 0.286. The van der Waals surface area contributed by atoms with E-state index in [4.69, 9.17) is 4.74 Å². The van der Waals surface area contributed by atoms with Gasteiger partial charge >= 0.3 is 0 Å². The van der Waals surface area contributed by atoms with Crippen molar-refractivity contribution in [3.05, 3.63) is 66.0 Å². The third-order valence-electron chi connectivity index (χ3n) is 4.04. The number of thioether (sulfide) groups is 1. The van der Waals surface area contributed by atoms with E-state index in [0.717, 1.165) is 17.4 Å². The Balaban J connectivity index is 1.61. The van der Waals surface area contributed by atoms with Gasteiger partial charge < -0.3 is 14.6 Å². The number of aromatic nitrogens is 3. The van der Waals surface area contributed by atoms with Crippen LogP contribution < -0.4 is 10.1 Å². The van der Waals surface area contributed by atoms with E-state index in [1.807, 2.05) is 60.9 Å². The third-order valence-corrected chi connectivity index (χ3v) is 5.01. The number of rotatable bonds is 9. The van der Waals surface area contributed by atoms with Crippen molar-refractivity contribution in [3.63, 3.8) is 0 Å². The van der Waals surface area contributed by atoms with Gasteiger partial charge in [0, 0.05) is 0 Å². The zero-order chi connectivity index (χ0) is 19.8. The molecule has 0 unspecified atom stereocenters. The maximum atomic E-state index is 12.4. The first-order chi connectivity index (χ1) is 13.7. The summed E-state index contributed by atoms with van der Waals surface area (Å²) in [6.07, 6.45) is 0.911. The van der Waals surface area contributed by atoms with Crippen molar-refractivity contribution in [2.45, 2.75) is 32.0 Å². The quantitative estimate of drug-likeness (QED) is 0.550. The molecule has 2 aromatic carbocycles. The molecule has 0 aliphatic heterocycles. The molecule has 0 bridgehead atoms. The molecule has 0 fully saturated rings. The summed E-state index contributed by atoms with van der Waals surface area (Å²) < 4.78 is 7.71. The number of carbonyl (C=O) groups excluding carboxylic acids is 1. The highest BCUT2D eigenvalue weighted by atomic mass is 32.2. The maximum Gasteiger partial charge on any atom is 0.234 e. The fourth-order valence-corrected chi connectivity index (χ4v) is 3.42. The van der Waals surface area contributed by atoms with E-state index in [1.165, 1.54) is 17.3 Å². The molecular formula is C21H24N4O2S. The first kappa shape index (κ1) is 19.9. The van der Waals surface area contributed by atoms with E-state index in [9.17, 15) is 4.79 Å². The highest BCUT2D eigenvalue weighted by Gasteiger charge is 2.13. The Morgan fingerprint density at radius 2 is 1.86 bits per heavy atom. The minimum Gasteiger partial charge on any atom is -0.491 e. The second-order valence-corrected chi connectivity index (χ2v) is 7.23. The van der Waals surface area contributed by atoms with Gasteiger partial charge in [0.2, 0.25) is 5.91 Å². The Kier molecular flexibility index (Phi) is 7.08.